The molecule has 0 saturated carbocycles. The Labute approximate surface area is 141 Å². The van der Waals surface area contributed by atoms with Gasteiger partial charge in [-0.15, -0.1) is 0 Å². The van der Waals surface area contributed by atoms with Crippen LogP contribution < -0.4 is 0 Å². The second kappa shape index (κ2) is 6.13. The molecular formula is C21H17N3. The van der Waals surface area contributed by atoms with Crippen LogP contribution in [0, 0.1) is 6.92 Å². The standard InChI is InChI=1S/C21H17N3/c1-16-9-11-19(12-10-16)24-21(17-6-3-2-4-7-17)14-20(23-24)18-8-5-13-22-15-18/h2-15H,1H3. The molecule has 24 heavy (non-hydrogen) atoms. The highest BCUT2D eigenvalue weighted by molar-refractivity contribution is 5.70. The zero-order valence-corrected chi connectivity index (χ0v) is 13.4. The van der Waals surface area contributed by atoms with Crippen molar-refractivity contribution in [3.63, 3.8) is 0 Å². The average Bonchev–Trinajstić information content (AvgIpc) is 3.09. The summed E-state index contributed by atoms with van der Waals surface area (Å²) in [5, 5.41) is 4.83. The first-order valence-electron chi connectivity index (χ1n) is 7.94. The van der Waals surface area contributed by atoms with E-state index < -0.39 is 0 Å². The summed E-state index contributed by atoms with van der Waals surface area (Å²) in [6.45, 7) is 2.09. The number of hydrogen-bond donors (Lipinski definition) is 0. The molecule has 2 aromatic heterocycles. The zero-order valence-electron chi connectivity index (χ0n) is 13.4. The molecule has 2 aromatic carbocycles. The van der Waals surface area contributed by atoms with Crippen LogP contribution in [0.1, 0.15) is 5.56 Å². The van der Waals surface area contributed by atoms with E-state index in [0.717, 1.165) is 28.2 Å². The fourth-order valence-electron chi connectivity index (χ4n) is 2.73. The minimum atomic E-state index is 0.919. The van der Waals surface area contributed by atoms with Gasteiger partial charge in [-0.3, -0.25) is 4.98 Å². The lowest BCUT2D eigenvalue weighted by atomic mass is 10.1. The molecule has 3 heteroatoms. The third-order valence-corrected chi connectivity index (χ3v) is 4.01. The number of rotatable bonds is 3. The van der Waals surface area contributed by atoms with Crippen LogP contribution >= 0.6 is 0 Å². The summed E-state index contributed by atoms with van der Waals surface area (Å²) in [7, 11) is 0. The highest BCUT2D eigenvalue weighted by Gasteiger charge is 2.12. The van der Waals surface area contributed by atoms with Crippen LogP contribution in [0.4, 0.5) is 0 Å². The summed E-state index contributed by atoms with van der Waals surface area (Å²) in [4.78, 5) is 4.21. The Morgan fingerprint density at radius 1 is 0.792 bits per heavy atom. The average molecular weight is 311 g/mol. The Bertz CT molecular complexity index is 940. The van der Waals surface area contributed by atoms with Crippen molar-refractivity contribution < 1.29 is 0 Å². The van der Waals surface area contributed by atoms with E-state index in [9.17, 15) is 0 Å². The molecule has 0 unspecified atom stereocenters. The van der Waals surface area contributed by atoms with Gasteiger partial charge >= 0.3 is 0 Å². The third-order valence-electron chi connectivity index (χ3n) is 4.01. The van der Waals surface area contributed by atoms with Gasteiger partial charge in [-0.2, -0.15) is 5.10 Å². The van der Waals surface area contributed by atoms with E-state index in [1.807, 2.05) is 41.2 Å². The lowest BCUT2D eigenvalue weighted by molar-refractivity contribution is 0.891. The van der Waals surface area contributed by atoms with Gasteiger partial charge in [0.1, 0.15) is 0 Å². The van der Waals surface area contributed by atoms with Crippen LogP contribution in [0.5, 0.6) is 0 Å². The second-order valence-electron chi connectivity index (χ2n) is 5.77. The number of benzene rings is 2. The van der Waals surface area contributed by atoms with Crippen molar-refractivity contribution >= 4 is 0 Å². The van der Waals surface area contributed by atoms with E-state index in [1.165, 1.54) is 5.56 Å². The van der Waals surface area contributed by atoms with E-state index in [2.05, 4.69) is 54.4 Å². The molecular weight excluding hydrogens is 294 g/mol. The van der Waals surface area contributed by atoms with E-state index in [1.54, 1.807) is 6.20 Å². The number of pyridine rings is 1. The highest BCUT2D eigenvalue weighted by atomic mass is 15.3. The predicted molar refractivity (Wildman–Crippen MR) is 97.0 cm³/mol. The van der Waals surface area contributed by atoms with Gasteiger partial charge in [0, 0.05) is 23.5 Å². The third kappa shape index (κ3) is 2.72. The van der Waals surface area contributed by atoms with Crippen LogP contribution in [0.25, 0.3) is 28.2 Å². The van der Waals surface area contributed by atoms with Crippen molar-refractivity contribution in [2.45, 2.75) is 6.92 Å². The fraction of sp³-hybridized carbons (Fsp3) is 0.0476. The molecule has 0 spiro atoms. The van der Waals surface area contributed by atoms with E-state index in [0.29, 0.717) is 0 Å². The molecule has 0 atom stereocenters. The Morgan fingerprint density at radius 2 is 1.54 bits per heavy atom. The van der Waals surface area contributed by atoms with Crippen LogP contribution in [-0.2, 0) is 0 Å². The van der Waals surface area contributed by atoms with Gasteiger partial charge in [0.15, 0.2) is 0 Å². The molecule has 0 bridgehead atoms. The normalized spacial score (nSPS) is 10.7. The van der Waals surface area contributed by atoms with Crippen molar-refractivity contribution in [3.8, 4) is 28.2 Å². The first kappa shape index (κ1) is 14.4. The number of nitrogens with zero attached hydrogens (tertiary/aromatic N) is 3. The number of aryl methyl sites for hydroxylation is 1. The lowest BCUT2D eigenvalue weighted by Gasteiger charge is -2.07. The molecule has 0 aliphatic carbocycles. The Kier molecular flexibility index (Phi) is 3.67. The van der Waals surface area contributed by atoms with Gasteiger partial charge in [-0.25, -0.2) is 4.68 Å². The lowest BCUT2D eigenvalue weighted by Crippen LogP contribution is -1.99. The van der Waals surface area contributed by atoms with Gasteiger partial charge < -0.3 is 0 Å². The molecule has 0 amide bonds. The van der Waals surface area contributed by atoms with Crippen molar-refractivity contribution in [3.05, 3.63) is 90.8 Å². The van der Waals surface area contributed by atoms with Crippen molar-refractivity contribution in [1.29, 1.82) is 0 Å². The Hall–Kier alpha value is -3.20. The monoisotopic (exact) mass is 311 g/mol. The highest BCUT2D eigenvalue weighted by Crippen LogP contribution is 2.28. The van der Waals surface area contributed by atoms with Gasteiger partial charge in [-0.05, 0) is 37.3 Å². The second-order valence-corrected chi connectivity index (χ2v) is 5.77. The molecule has 0 aliphatic rings. The first-order chi connectivity index (χ1) is 11.8. The first-order valence-corrected chi connectivity index (χ1v) is 7.94. The van der Waals surface area contributed by atoms with Crippen LogP contribution in [0.15, 0.2) is 85.2 Å². The SMILES string of the molecule is Cc1ccc(-n2nc(-c3cccnc3)cc2-c2ccccc2)cc1. The molecule has 0 saturated heterocycles. The van der Waals surface area contributed by atoms with Gasteiger partial charge in [0.25, 0.3) is 0 Å². The minimum absolute atomic E-state index is 0.919. The summed E-state index contributed by atoms with van der Waals surface area (Å²) in [6, 6.07) is 24.8. The summed E-state index contributed by atoms with van der Waals surface area (Å²) in [6.07, 6.45) is 3.62. The molecule has 2 heterocycles. The molecule has 0 aliphatic heterocycles. The van der Waals surface area contributed by atoms with Gasteiger partial charge in [-0.1, -0.05) is 48.0 Å². The molecule has 0 radical (unpaired) electrons. The smallest absolute Gasteiger partial charge is 0.0949 e. The van der Waals surface area contributed by atoms with Crippen LogP contribution in [-0.4, -0.2) is 14.8 Å². The van der Waals surface area contributed by atoms with E-state index in [4.69, 9.17) is 5.10 Å². The van der Waals surface area contributed by atoms with Crippen LogP contribution in [0.2, 0.25) is 0 Å². The molecule has 0 N–H and O–H groups in total. The number of aromatic nitrogens is 3. The van der Waals surface area contributed by atoms with Gasteiger partial charge in [0.2, 0.25) is 0 Å². The Balaban J connectivity index is 1.90. The van der Waals surface area contributed by atoms with Gasteiger partial charge in [0.05, 0.1) is 17.1 Å². The fourth-order valence-corrected chi connectivity index (χ4v) is 2.73. The summed E-state index contributed by atoms with van der Waals surface area (Å²) < 4.78 is 2.00. The molecule has 3 nitrogen and oxygen atoms in total. The van der Waals surface area contributed by atoms with Crippen molar-refractivity contribution in [2.75, 3.05) is 0 Å². The predicted octanol–water partition coefficient (Wildman–Crippen LogP) is 4.91. The minimum Gasteiger partial charge on any atom is -0.264 e. The maximum Gasteiger partial charge on any atom is 0.0949 e. The van der Waals surface area contributed by atoms with Crippen LogP contribution in [0.3, 0.4) is 0 Å². The zero-order chi connectivity index (χ0) is 16.4. The molecule has 4 aromatic rings. The molecule has 0 fully saturated rings. The maximum atomic E-state index is 4.83. The summed E-state index contributed by atoms with van der Waals surface area (Å²) in [5.41, 5.74) is 6.43. The molecule has 116 valence electrons. The van der Waals surface area contributed by atoms with E-state index in [-0.39, 0.29) is 0 Å². The summed E-state index contributed by atoms with van der Waals surface area (Å²) in [5.74, 6) is 0. The van der Waals surface area contributed by atoms with Crippen molar-refractivity contribution in [1.82, 2.24) is 14.8 Å². The molecule has 4 rings (SSSR count). The maximum absolute atomic E-state index is 4.83. The number of hydrogen-bond acceptors (Lipinski definition) is 2. The largest absolute Gasteiger partial charge is 0.264 e. The quantitative estimate of drug-likeness (QED) is 0.538. The topological polar surface area (TPSA) is 30.7 Å². The van der Waals surface area contributed by atoms with E-state index >= 15 is 0 Å². The van der Waals surface area contributed by atoms with Crippen molar-refractivity contribution in [2.24, 2.45) is 0 Å². The summed E-state index contributed by atoms with van der Waals surface area (Å²) >= 11 is 0. The Morgan fingerprint density at radius 3 is 2.25 bits per heavy atom.